The molecule has 0 N–H and O–H groups in total. The molecule has 0 aliphatic carbocycles. The van der Waals surface area contributed by atoms with Crippen molar-refractivity contribution in [1.82, 2.24) is 9.55 Å². The minimum absolute atomic E-state index is 0.122. The quantitative estimate of drug-likeness (QED) is 0.518. The van der Waals surface area contributed by atoms with Crippen molar-refractivity contribution in [1.29, 1.82) is 0 Å². The summed E-state index contributed by atoms with van der Waals surface area (Å²) < 4.78 is 15.0. The summed E-state index contributed by atoms with van der Waals surface area (Å²) in [7, 11) is 0. The van der Waals surface area contributed by atoms with Gasteiger partial charge in [-0.2, -0.15) is 0 Å². The van der Waals surface area contributed by atoms with Crippen molar-refractivity contribution in [2.24, 2.45) is 0 Å². The molecule has 0 spiro atoms. The number of fused-ring (bicyclic) bond motifs is 1. The molecule has 3 aromatic rings. The highest BCUT2D eigenvalue weighted by molar-refractivity contribution is 9.10. The van der Waals surface area contributed by atoms with Gasteiger partial charge in [-0.25, -0.2) is 9.37 Å². The van der Waals surface area contributed by atoms with Gasteiger partial charge in [-0.3, -0.25) is 19.5 Å². The molecule has 23 heavy (non-hydrogen) atoms. The minimum atomic E-state index is -0.539. The highest BCUT2D eigenvalue weighted by atomic mass is 79.9. The third-order valence-electron chi connectivity index (χ3n) is 3.38. The largest absolute Gasteiger partial charge is 0.294 e. The number of aromatic nitrogens is 2. The maximum atomic E-state index is 13.1. The second-order valence-electron chi connectivity index (χ2n) is 4.87. The van der Waals surface area contributed by atoms with Crippen LogP contribution in [-0.2, 0) is 6.54 Å². The first kappa shape index (κ1) is 15.3. The van der Waals surface area contributed by atoms with Crippen LogP contribution >= 0.6 is 15.9 Å². The second-order valence-corrected chi connectivity index (χ2v) is 5.73. The van der Waals surface area contributed by atoms with E-state index in [0.29, 0.717) is 4.47 Å². The molecule has 0 saturated carbocycles. The molecule has 1 aromatic heterocycles. The Morgan fingerprint density at radius 1 is 1.26 bits per heavy atom. The van der Waals surface area contributed by atoms with Gasteiger partial charge in [0, 0.05) is 16.6 Å². The summed E-state index contributed by atoms with van der Waals surface area (Å²) in [6, 6.07) is 8.12. The average Bonchev–Trinajstić information content (AvgIpc) is 2.52. The highest BCUT2D eigenvalue weighted by Crippen LogP contribution is 2.20. The van der Waals surface area contributed by atoms with Crippen molar-refractivity contribution < 1.29 is 9.31 Å². The minimum Gasteiger partial charge on any atom is -0.294 e. The third-order valence-corrected chi connectivity index (χ3v) is 4.11. The molecule has 0 atom stereocenters. The topological polar surface area (TPSA) is 78.0 Å². The van der Waals surface area contributed by atoms with Crippen LogP contribution in [0.25, 0.3) is 10.9 Å². The standard InChI is InChI=1S/C15H9BrFN3O3/c16-13-5-10(17)2-1-9(13)7-19-8-18-14-6-11(20(22)23)3-4-12(14)15(19)21/h1-6,8H,7H2. The number of rotatable bonds is 3. The summed E-state index contributed by atoms with van der Waals surface area (Å²) >= 11 is 3.25. The molecule has 8 heteroatoms. The van der Waals surface area contributed by atoms with Crippen molar-refractivity contribution >= 4 is 32.5 Å². The summed E-state index contributed by atoms with van der Waals surface area (Å²) in [4.78, 5) is 26.8. The second kappa shape index (κ2) is 5.88. The lowest BCUT2D eigenvalue weighted by atomic mass is 10.2. The molecule has 0 unspecified atom stereocenters. The smallest absolute Gasteiger partial charge is 0.271 e. The van der Waals surface area contributed by atoms with E-state index in [1.165, 1.54) is 41.2 Å². The Kier molecular flexibility index (Phi) is 3.91. The SMILES string of the molecule is O=c1c2ccc([N+](=O)[O-])cc2ncn1Cc1ccc(F)cc1Br. The molecule has 2 aromatic carbocycles. The van der Waals surface area contributed by atoms with Crippen molar-refractivity contribution in [3.63, 3.8) is 0 Å². The van der Waals surface area contributed by atoms with E-state index < -0.39 is 4.92 Å². The number of nitrogens with zero attached hydrogens (tertiary/aromatic N) is 3. The summed E-state index contributed by atoms with van der Waals surface area (Å²) in [5.74, 6) is -0.378. The maximum Gasteiger partial charge on any atom is 0.271 e. The third kappa shape index (κ3) is 2.98. The molecule has 0 radical (unpaired) electrons. The van der Waals surface area contributed by atoms with E-state index in [1.54, 1.807) is 6.07 Å². The summed E-state index contributed by atoms with van der Waals surface area (Å²) in [6.45, 7) is 0.208. The van der Waals surface area contributed by atoms with Gasteiger partial charge in [0.2, 0.25) is 0 Å². The molecule has 0 aliphatic rings. The van der Waals surface area contributed by atoms with Gasteiger partial charge in [-0.1, -0.05) is 22.0 Å². The van der Waals surface area contributed by atoms with E-state index in [4.69, 9.17) is 0 Å². The van der Waals surface area contributed by atoms with Crippen LogP contribution in [0, 0.1) is 15.9 Å². The van der Waals surface area contributed by atoms with Gasteiger partial charge < -0.3 is 0 Å². The molecule has 0 bridgehead atoms. The Morgan fingerprint density at radius 2 is 2.04 bits per heavy atom. The lowest BCUT2D eigenvalue weighted by molar-refractivity contribution is -0.384. The van der Waals surface area contributed by atoms with E-state index in [1.807, 2.05) is 0 Å². The van der Waals surface area contributed by atoms with Crippen LogP contribution in [0.3, 0.4) is 0 Å². The first-order valence-electron chi connectivity index (χ1n) is 6.53. The number of benzene rings is 2. The van der Waals surface area contributed by atoms with Crippen LogP contribution in [0.2, 0.25) is 0 Å². The predicted octanol–water partition coefficient (Wildman–Crippen LogP) is 3.25. The monoisotopic (exact) mass is 377 g/mol. The van der Waals surface area contributed by atoms with Crippen LogP contribution in [-0.4, -0.2) is 14.5 Å². The number of non-ortho nitro benzene ring substituents is 1. The van der Waals surface area contributed by atoms with Crippen LogP contribution in [0.15, 0.2) is 52.0 Å². The summed E-state index contributed by atoms with van der Waals surface area (Å²) in [5, 5.41) is 11.0. The van der Waals surface area contributed by atoms with Gasteiger partial charge in [0.1, 0.15) is 5.82 Å². The van der Waals surface area contributed by atoms with Gasteiger partial charge in [0.25, 0.3) is 11.2 Å². The van der Waals surface area contributed by atoms with Crippen LogP contribution in [0.5, 0.6) is 0 Å². The number of halogens is 2. The zero-order valence-electron chi connectivity index (χ0n) is 11.6. The van der Waals surface area contributed by atoms with Crippen molar-refractivity contribution in [3.8, 4) is 0 Å². The first-order chi connectivity index (χ1) is 11.0. The molecule has 6 nitrogen and oxygen atoms in total. The van der Waals surface area contributed by atoms with Crippen LogP contribution < -0.4 is 5.56 Å². The van der Waals surface area contributed by atoms with Crippen molar-refractivity contribution in [2.75, 3.05) is 0 Å². The maximum absolute atomic E-state index is 13.1. The Labute approximate surface area is 137 Å². The van der Waals surface area contributed by atoms with E-state index in [2.05, 4.69) is 20.9 Å². The van der Waals surface area contributed by atoms with Gasteiger partial charge >= 0.3 is 0 Å². The summed E-state index contributed by atoms with van der Waals surface area (Å²) in [5.41, 5.74) is 0.541. The van der Waals surface area contributed by atoms with Gasteiger partial charge in [-0.15, -0.1) is 0 Å². The van der Waals surface area contributed by atoms with Gasteiger partial charge in [-0.05, 0) is 23.8 Å². The molecule has 116 valence electrons. The Hall–Kier alpha value is -2.61. The number of nitro benzene ring substituents is 1. The van der Waals surface area contributed by atoms with Crippen LogP contribution in [0.4, 0.5) is 10.1 Å². The average molecular weight is 378 g/mol. The first-order valence-corrected chi connectivity index (χ1v) is 7.32. The number of hydrogen-bond acceptors (Lipinski definition) is 4. The fourth-order valence-corrected chi connectivity index (χ4v) is 2.68. The molecule has 1 heterocycles. The van der Waals surface area contributed by atoms with Crippen LogP contribution in [0.1, 0.15) is 5.56 Å². The van der Waals surface area contributed by atoms with Gasteiger partial charge in [0.05, 0.1) is 28.7 Å². The van der Waals surface area contributed by atoms with Gasteiger partial charge in [0.15, 0.2) is 0 Å². The zero-order chi connectivity index (χ0) is 16.6. The molecule has 0 saturated heterocycles. The highest BCUT2D eigenvalue weighted by Gasteiger charge is 2.11. The molecule has 0 amide bonds. The predicted molar refractivity (Wildman–Crippen MR) is 85.9 cm³/mol. The lowest BCUT2D eigenvalue weighted by Gasteiger charge is -2.08. The normalized spacial score (nSPS) is 10.9. The molecular formula is C15H9BrFN3O3. The molecule has 3 rings (SSSR count). The number of nitro groups is 1. The van der Waals surface area contributed by atoms with Crippen molar-refractivity contribution in [2.45, 2.75) is 6.54 Å². The Morgan fingerprint density at radius 3 is 2.74 bits per heavy atom. The van der Waals surface area contributed by atoms with E-state index in [0.717, 1.165) is 5.56 Å². The lowest BCUT2D eigenvalue weighted by Crippen LogP contribution is -2.21. The Balaban J connectivity index is 2.05. The molecular weight excluding hydrogens is 369 g/mol. The Bertz CT molecular complexity index is 987. The van der Waals surface area contributed by atoms with Crippen molar-refractivity contribution in [3.05, 3.63) is 79.0 Å². The van der Waals surface area contributed by atoms with E-state index in [9.17, 15) is 19.3 Å². The molecule has 0 aliphatic heterocycles. The van der Waals surface area contributed by atoms with E-state index >= 15 is 0 Å². The number of hydrogen-bond donors (Lipinski definition) is 0. The summed E-state index contributed by atoms with van der Waals surface area (Å²) in [6.07, 6.45) is 1.32. The fraction of sp³-hybridized carbons (Fsp3) is 0.0667. The zero-order valence-corrected chi connectivity index (χ0v) is 13.2. The molecule has 0 fully saturated rings. The fourth-order valence-electron chi connectivity index (χ4n) is 2.21. The van der Waals surface area contributed by atoms with E-state index in [-0.39, 0.29) is 34.5 Å².